The zero-order chi connectivity index (χ0) is 16.4. The molecule has 0 saturated heterocycles. The molecule has 1 aromatic heterocycles. The number of fused-ring (bicyclic) bond motifs is 1. The fourth-order valence-corrected chi connectivity index (χ4v) is 2.25. The van der Waals surface area contributed by atoms with Gasteiger partial charge in [-0.3, -0.25) is 4.57 Å². The van der Waals surface area contributed by atoms with Gasteiger partial charge in [0.15, 0.2) is 0 Å². The number of para-hydroxylation sites is 2. The summed E-state index contributed by atoms with van der Waals surface area (Å²) >= 11 is 0. The lowest BCUT2D eigenvalue weighted by Crippen LogP contribution is -2.18. The van der Waals surface area contributed by atoms with Crippen LogP contribution in [0.3, 0.4) is 0 Å². The summed E-state index contributed by atoms with van der Waals surface area (Å²) < 4.78 is 45.0. The quantitative estimate of drug-likeness (QED) is 0.409. The van der Waals surface area contributed by atoms with Gasteiger partial charge in [-0.15, -0.1) is 13.2 Å². The summed E-state index contributed by atoms with van der Waals surface area (Å²) in [5.74, 6) is 0.310. The first-order chi connectivity index (χ1) is 11.0. The van der Waals surface area contributed by atoms with Crippen LogP contribution in [0.15, 0.2) is 59.9 Å². The number of hydrogen-bond acceptors (Lipinski definition) is 3. The molecule has 2 aromatic carbocycles. The Balaban J connectivity index is 2.18. The number of methoxy groups -OCH3 is 1. The lowest BCUT2D eigenvalue weighted by atomic mass is 10.2. The van der Waals surface area contributed by atoms with Gasteiger partial charge < -0.3 is 4.74 Å². The zero-order valence-electron chi connectivity index (χ0n) is 12.1. The molecule has 3 aromatic rings. The predicted octanol–water partition coefficient (Wildman–Crippen LogP) is 3.86. The van der Waals surface area contributed by atoms with E-state index < -0.39 is 6.30 Å². The van der Waals surface area contributed by atoms with E-state index in [9.17, 15) is 13.2 Å². The van der Waals surface area contributed by atoms with Crippen molar-refractivity contribution in [2.24, 2.45) is 4.99 Å². The van der Waals surface area contributed by atoms with E-state index in [0.29, 0.717) is 22.3 Å². The molecule has 7 heteroatoms. The van der Waals surface area contributed by atoms with Gasteiger partial charge in [-0.25, -0.2) is 4.98 Å². The Hall–Kier alpha value is -2.83. The molecule has 1 heterocycles. The van der Waals surface area contributed by atoms with E-state index in [4.69, 9.17) is 4.74 Å². The molecule has 0 unspecified atom stereocenters. The van der Waals surface area contributed by atoms with Crippen LogP contribution in [0.5, 0.6) is 5.75 Å². The molecule has 0 atom stereocenters. The maximum atomic E-state index is 12.9. The topological polar surface area (TPSA) is 39.4 Å². The first-order valence-corrected chi connectivity index (χ1v) is 6.71. The van der Waals surface area contributed by atoms with Crippen molar-refractivity contribution in [2.45, 2.75) is 6.30 Å². The average molecular weight is 319 g/mol. The van der Waals surface area contributed by atoms with E-state index >= 15 is 0 Å². The Labute approximate surface area is 129 Å². The van der Waals surface area contributed by atoms with Crippen LogP contribution in [0, 0.1) is 0 Å². The van der Waals surface area contributed by atoms with Crippen molar-refractivity contribution in [1.29, 1.82) is 0 Å². The Morgan fingerprint density at radius 1 is 1.09 bits per heavy atom. The molecule has 0 N–H and O–H groups in total. The molecular weight excluding hydrogens is 307 g/mol. The van der Waals surface area contributed by atoms with E-state index in [1.165, 1.54) is 30.1 Å². The first-order valence-electron chi connectivity index (χ1n) is 6.71. The second-order valence-electron chi connectivity index (χ2n) is 4.74. The molecule has 0 spiro atoms. The number of benzene rings is 2. The van der Waals surface area contributed by atoms with Crippen LogP contribution in [0.4, 0.5) is 13.2 Å². The molecule has 3 rings (SSSR count). The van der Waals surface area contributed by atoms with Crippen molar-refractivity contribution in [1.82, 2.24) is 9.55 Å². The van der Waals surface area contributed by atoms with Crippen molar-refractivity contribution in [3.8, 4) is 5.75 Å². The van der Waals surface area contributed by atoms with Gasteiger partial charge in [0.25, 0.3) is 0 Å². The van der Waals surface area contributed by atoms with Crippen molar-refractivity contribution in [3.05, 3.63) is 60.4 Å². The number of aromatic nitrogens is 2. The number of aliphatic imine (C=N–C) groups is 1. The highest BCUT2D eigenvalue weighted by molar-refractivity contribution is 6.04. The normalized spacial score (nSPS) is 12.6. The van der Waals surface area contributed by atoms with Gasteiger partial charge in [0.2, 0.25) is 0 Å². The molecule has 0 bridgehead atoms. The molecule has 0 aliphatic heterocycles. The molecule has 0 aliphatic rings. The number of ether oxygens (including phenoxy) is 1. The largest absolute Gasteiger partial charge is 0.505 e. The summed E-state index contributed by atoms with van der Waals surface area (Å²) in [6.45, 7) is 0. The number of nitrogens with zero attached hydrogens (tertiary/aromatic N) is 3. The molecule has 0 radical (unpaired) electrons. The highest BCUT2D eigenvalue weighted by atomic mass is 19.4. The van der Waals surface area contributed by atoms with Crippen LogP contribution in [0.2, 0.25) is 0 Å². The highest BCUT2D eigenvalue weighted by Gasteiger charge is 2.28. The van der Waals surface area contributed by atoms with Gasteiger partial charge in [-0.2, -0.15) is 4.99 Å². The maximum absolute atomic E-state index is 12.9. The molecule has 0 saturated carbocycles. The van der Waals surface area contributed by atoms with Crippen LogP contribution in [-0.4, -0.2) is 28.8 Å². The molecule has 118 valence electrons. The zero-order valence-corrected chi connectivity index (χ0v) is 12.1. The maximum Gasteiger partial charge on any atom is 0.505 e. The van der Waals surface area contributed by atoms with Crippen LogP contribution < -0.4 is 4.74 Å². The average Bonchev–Trinajstić information content (AvgIpc) is 2.96. The third kappa shape index (κ3) is 3.18. The smallest absolute Gasteiger partial charge is 0.497 e. The van der Waals surface area contributed by atoms with E-state index in [2.05, 4.69) is 9.98 Å². The Kier molecular flexibility index (Phi) is 3.77. The van der Waals surface area contributed by atoms with E-state index in [1.807, 2.05) is 0 Å². The minimum Gasteiger partial charge on any atom is -0.497 e. The van der Waals surface area contributed by atoms with Crippen LogP contribution in [-0.2, 0) is 0 Å². The van der Waals surface area contributed by atoms with Crippen LogP contribution in [0.25, 0.3) is 11.0 Å². The van der Waals surface area contributed by atoms with Crippen molar-refractivity contribution < 1.29 is 17.9 Å². The highest BCUT2D eigenvalue weighted by Crippen LogP contribution is 2.22. The van der Waals surface area contributed by atoms with Gasteiger partial charge in [0, 0.05) is 5.56 Å². The SMILES string of the molecule is COc1ccc(/C(=N\C(F)(F)F)n2cnc3ccccc32)cc1. The fourth-order valence-electron chi connectivity index (χ4n) is 2.25. The minimum absolute atomic E-state index is 0.242. The number of hydrogen-bond donors (Lipinski definition) is 0. The van der Waals surface area contributed by atoms with Crippen molar-refractivity contribution in [2.75, 3.05) is 7.11 Å². The summed E-state index contributed by atoms with van der Waals surface area (Å²) in [5.41, 5.74) is 1.45. The van der Waals surface area contributed by atoms with Gasteiger partial charge in [0.05, 0.1) is 18.1 Å². The van der Waals surface area contributed by atoms with Crippen LogP contribution in [0.1, 0.15) is 5.56 Å². The second-order valence-corrected chi connectivity index (χ2v) is 4.74. The molecule has 0 fully saturated rings. The Morgan fingerprint density at radius 2 is 1.78 bits per heavy atom. The molecule has 4 nitrogen and oxygen atoms in total. The molecular formula is C16H12F3N3O. The Morgan fingerprint density at radius 3 is 2.43 bits per heavy atom. The summed E-state index contributed by atoms with van der Waals surface area (Å²) in [7, 11) is 1.49. The summed E-state index contributed by atoms with van der Waals surface area (Å²) in [6.07, 6.45) is -3.36. The standard InChI is InChI=1S/C16H12F3N3O/c1-23-12-8-6-11(7-9-12)15(21-16(17,18)19)22-10-20-13-4-2-3-5-14(13)22/h2-10H,1H3/b21-15+. The van der Waals surface area contributed by atoms with Crippen LogP contribution >= 0.6 is 0 Å². The predicted molar refractivity (Wildman–Crippen MR) is 80.7 cm³/mol. The number of rotatable bonds is 2. The van der Waals surface area contributed by atoms with Gasteiger partial charge in [0.1, 0.15) is 17.9 Å². The second kappa shape index (κ2) is 5.75. The van der Waals surface area contributed by atoms with Gasteiger partial charge in [-0.1, -0.05) is 12.1 Å². The first kappa shape index (κ1) is 15.1. The monoisotopic (exact) mass is 319 g/mol. The minimum atomic E-state index is -4.69. The summed E-state index contributed by atoms with van der Waals surface area (Å²) in [4.78, 5) is 7.04. The number of halogens is 3. The fraction of sp³-hybridized carbons (Fsp3) is 0.125. The Bertz CT molecular complexity index is 851. The lowest BCUT2D eigenvalue weighted by molar-refractivity contribution is -0.119. The van der Waals surface area contributed by atoms with E-state index in [1.54, 1.807) is 36.4 Å². The van der Waals surface area contributed by atoms with Crippen molar-refractivity contribution in [3.63, 3.8) is 0 Å². The third-order valence-corrected chi connectivity index (χ3v) is 3.26. The number of alkyl halides is 3. The van der Waals surface area contributed by atoms with Gasteiger partial charge >= 0.3 is 6.30 Å². The van der Waals surface area contributed by atoms with Crippen molar-refractivity contribution >= 4 is 16.9 Å². The third-order valence-electron chi connectivity index (χ3n) is 3.26. The van der Waals surface area contributed by atoms with E-state index in [-0.39, 0.29) is 5.84 Å². The van der Waals surface area contributed by atoms with E-state index in [0.717, 1.165) is 0 Å². The molecule has 0 aliphatic carbocycles. The lowest BCUT2D eigenvalue weighted by Gasteiger charge is -2.11. The summed E-state index contributed by atoms with van der Waals surface area (Å²) in [5, 5.41) is 0. The summed E-state index contributed by atoms with van der Waals surface area (Å²) in [6, 6.07) is 13.1. The van der Waals surface area contributed by atoms with Gasteiger partial charge in [-0.05, 0) is 36.4 Å². The number of imidazole rings is 1. The molecule has 0 amide bonds. The molecule has 23 heavy (non-hydrogen) atoms.